The normalized spacial score (nSPS) is 10.5. The number of nitro groups is 1. The van der Waals surface area contributed by atoms with E-state index in [-0.39, 0.29) is 17.3 Å². The van der Waals surface area contributed by atoms with Gasteiger partial charge in [-0.1, -0.05) is 36.4 Å². The molecule has 0 aliphatic rings. The van der Waals surface area contributed by atoms with Crippen LogP contribution in [0.5, 0.6) is 5.75 Å². The van der Waals surface area contributed by atoms with E-state index in [2.05, 4.69) is 20.8 Å². The minimum atomic E-state index is -0.564. The summed E-state index contributed by atoms with van der Waals surface area (Å²) < 4.78 is 5.09. The molecule has 0 unspecified atom stereocenters. The lowest BCUT2D eigenvalue weighted by Crippen LogP contribution is -2.30. The quantitative estimate of drug-likeness (QED) is 0.293. The van der Waals surface area contributed by atoms with E-state index in [1.54, 1.807) is 29.2 Å². The first kappa shape index (κ1) is 22.5. The Labute approximate surface area is 195 Å². The zero-order valence-corrected chi connectivity index (χ0v) is 18.6. The monoisotopic (exact) mass is 458 g/mol. The third-order valence-corrected chi connectivity index (χ3v) is 5.26. The number of fused-ring (bicyclic) bond motifs is 1. The summed E-state index contributed by atoms with van der Waals surface area (Å²) in [6.45, 7) is 2.30. The number of benzene rings is 3. The Morgan fingerprint density at radius 3 is 2.50 bits per heavy atom. The van der Waals surface area contributed by atoms with Gasteiger partial charge in [-0.15, -0.1) is 0 Å². The molecule has 1 amide bonds. The Morgan fingerprint density at radius 2 is 1.79 bits per heavy atom. The van der Waals surface area contributed by atoms with Crippen molar-refractivity contribution in [1.29, 1.82) is 0 Å². The van der Waals surface area contributed by atoms with Crippen molar-refractivity contribution in [2.75, 3.05) is 24.0 Å². The molecular formula is C24H22N6O4. The van der Waals surface area contributed by atoms with Crippen LogP contribution in [0.15, 0.2) is 73.1 Å². The highest BCUT2D eigenvalue weighted by atomic mass is 16.6. The Balaban J connectivity index is 1.67. The zero-order chi connectivity index (χ0) is 24.1. The van der Waals surface area contributed by atoms with E-state index >= 15 is 0 Å². The van der Waals surface area contributed by atoms with Gasteiger partial charge in [0.1, 0.15) is 12.1 Å². The van der Waals surface area contributed by atoms with E-state index in [0.29, 0.717) is 17.9 Å². The lowest BCUT2D eigenvalue weighted by Gasteiger charge is -2.24. The lowest BCUT2D eigenvalue weighted by molar-refractivity contribution is -0.383. The molecule has 0 aliphatic heterocycles. The number of aromatic nitrogens is 2. The van der Waals surface area contributed by atoms with Gasteiger partial charge in [-0.05, 0) is 42.6 Å². The molecule has 34 heavy (non-hydrogen) atoms. The number of hydrogen-bond acceptors (Lipinski definition) is 8. The molecule has 10 heteroatoms. The summed E-state index contributed by atoms with van der Waals surface area (Å²) in [6.07, 6.45) is 1.22. The molecular weight excluding hydrogens is 436 g/mol. The van der Waals surface area contributed by atoms with Gasteiger partial charge in [0.05, 0.1) is 17.7 Å². The van der Waals surface area contributed by atoms with Crippen LogP contribution in [0.25, 0.3) is 10.8 Å². The summed E-state index contributed by atoms with van der Waals surface area (Å²) in [6, 6.07) is 20.0. The third kappa shape index (κ3) is 4.42. The minimum Gasteiger partial charge on any atom is -0.497 e. The van der Waals surface area contributed by atoms with Gasteiger partial charge in [-0.2, -0.15) is 0 Å². The van der Waals surface area contributed by atoms with Crippen LogP contribution in [0.1, 0.15) is 17.3 Å². The van der Waals surface area contributed by atoms with Crippen LogP contribution < -0.4 is 20.5 Å². The van der Waals surface area contributed by atoms with E-state index in [1.165, 1.54) is 13.4 Å². The average Bonchev–Trinajstić information content (AvgIpc) is 2.87. The maximum atomic E-state index is 12.5. The van der Waals surface area contributed by atoms with Gasteiger partial charge in [0.15, 0.2) is 0 Å². The zero-order valence-electron chi connectivity index (χ0n) is 18.6. The summed E-state index contributed by atoms with van der Waals surface area (Å²) in [5, 5.41) is 14.0. The highest BCUT2D eigenvalue weighted by Gasteiger charge is 2.28. The molecule has 0 saturated carbocycles. The topological polar surface area (TPSA) is 123 Å². The lowest BCUT2D eigenvalue weighted by atomic mass is 10.1. The van der Waals surface area contributed by atoms with Crippen LogP contribution >= 0.6 is 0 Å². The van der Waals surface area contributed by atoms with Crippen LogP contribution in [-0.2, 0) is 0 Å². The number of nitrogens with one attached hydrogen (secondary N) is 2. The molecule has 0 fully saturated rings. The van der Waals surface area contributed by atoms with Crippen molar-refractivity contribution in [2.45, 2.75) is 6.92 Å². The smallest absolute Gasteiger partial charge is 0.355 e. The number of anilines is 3. The fraction of sp³-hybridized carbons (Fsp3) is 0.125. The Kier molecular flexibility index (Phi) is 6.49. The van der Waals surface area contributed by atoms with Crippen molar-refractivity contribution >= 4 is 39.7 Å². The van der Waals surface area contributed by atoms with Crippen LogP contribution in [0.3, 0.4) is 0 Å². The molecule has 10 nitrogen and oxygen atoms in total. The van der Waals surface area contributed by atoms with Crippen molar-refractivity contribution < 1.29 is 14.5 Å². The predicted molar refractivity (Wildman–Crippen MR) is 129 cm³/mol. The molecule has 0 bridgehead atoms. The highest BCUT2D eigenvalue weighted by molar-refractivity contribution is 5.97. The van der Waals surface area contributed by atoms with Gasteiger partial charge in [-0.25, -0.2) is 9.97 Å². The summed E-state index contributed by atoms with van der Waals surface area (Å²) in [5.41, 5.74) is 5.80. The second-order valence-corrected chi connectivity index (χ2v) is 7.20. The van der Waals surface area contributed by atoms with Crippen molar-refractivity contribution in [1.82, 2.24) is 15.4 Å². The fourth-order valence-electron chi connectivity index (χ4n) is 3.64. The largest absolute Gasteiger partial charge is 0.497 e. The average molecular weight is 458 g/mol. The standard InChI is InChI=1S/C24H22N6O4/c1-3-29(20-10-6-8-16-7-4-5-9-19(16)20)23-21(30(32)33)22(25-15-26-23)27-28-24(31)17-11-13-18(34-2)14-12-17/h4-15H,3H2,1-2H3,(H,28,31)(H,25,26,27). The Bertz CT molecular complexity index is 1340. The van der Waals surface area contributed by atoms with E-state index < -0.39 is 10.8 Å². The number of ether oxygens (including phenoxy) is 1. The Hall–Kier alpha value is -4.73. The maximum absolute atomic E-state index is 12.5. The molecule has 0 spiro atoms. The van der Waals surface area contributed by atoms with Crippen molar-refractivity contribution in [3.05, 3.63) is 88.7 Å². The van der Waals surface area contributed by atoms with E-state index in [9.17, 15) is 14.9 Å². The van der Waals surface area contributed by atoms with Gasteiger partial charge in [0.25, 0.3) is 5.91 Å². The molecule has 1 heterocycles. The number of amides is 1. The molecule has 0 atom stereocenters. The first-order valence-electron chi connectivity index (χ1n) is 10.5. The number of carbonyl (C=O) groups excluding carboxylic acids is 1. The maximum Gasteiger partial charge on any atom is 0.355 e. The predicted octanol–water partition coefficient (Wildman–Crippen LogP) is 4.46. The first-order valence-corrected chi connectivity index (χ1v) is 10.5. The summed E-state index contributed by atoms with van der Waals surface area (Å²) in [4.78, 5) is 34.0. The first-order chi connectivity index (χ1) is 16.5. The molecule has 0 aliphatic carbocycles. The van der Waals surface area contributed by atoms with Crippen LogP contribution in [0, 0.1) is 10.1 Å². The SMILES string of the molecule is CCN(c1ncnc(NNC(=O)c2ccc(OC)cc2)c1[N+](=O)[O-])c1cccc2ccccc12. The number of nitrogens with zero attached hydrogens (tertiary/aromatic N) is 4. The number of hydrazine groups is 1. The highest BCUT2D eigenvalue weighted by Crippen LogP contribution is 2.38. The second kappa shape index (κ2) is 9.82. The van der Waals surface area contributed by atoms with Gasteiger partial charge >= 0.3 is 5.69 Å². The van der Waals surface area contributed by atoms with E-state index in [1.807, 2.05) is 49.4 Å². The van der Waals surface area contributed by atoms with Crippen LogP contribution in [-0.4, -0.2) is 34.5 Å². The van der Waals surface area contributed by atoms with Crippen LogP contribution in [0.4, 0.5) is 23.0 Å². The van der Waals surface area contributed by atoms with Crippen molar-refractivity contribution in [2.24, 2.45) is 0 Å². The number of methoxy groups -OCH3 is 1. The van der Waals surface area contributed by atoms with Gasteiger partial charge in [0.2, 0.25) is 11.6 Å². The second-order valence-electron chi connectivity index (χ2n) is 7.20. The van der Waals surface area contributed by atoms with Crippen molar-refractivity contribution in [3.63, 3.8) is 0 Å². The number of carbonyl (C=O) groups is 1. The molecule has 4 aromatic rings. The Morgan fingerprint density at radius 1 is 1.06 bits per heavy atom. The van der Waals surface area contributed by atoms with Crippen molar-refractivity contribution in [3.8, 4) is 5.75 Å². The van der Waals surface area contributed by atoms with Gasteiger partial charge in [-0.3, -0.25) is 25.8 Å². The number of rotatable bonds is 8. The molecule has 0 radical (unpaired) electrons. The molecule has 2 N–H and O–H groups in total. The minimum absolute atomic E-state index is 0.111. The summed E-state index contributed by atoms with van der Waals surface area (Å²) in [7, 11) is 1.53. The summed E-state index contributed by atoms with van der Waals surface area (Å²) in [5.74, 6) is 0.0998. The molecule has 3 aromatic carbocycles. The van der Waals surface area contributed by atoms with Crippen LogP contribution in [0.2, 0.25) is 0 Å². The van der Waals surface area contributed by atoms with E-state index in [4.69, 9.17) is 4.74 Å². The van der Waals surface area contributed by atoms with E-state index in [0.717, 1.165) is 16.5 Å². The molecule has 1 aromatic heterocycles. The molecule has 0 saturated heterocycles. The summed E-state index contributed by atoms with van der Waals surface area (Å²) >= 11 is 0. The fourth-order valence-corrected chi connectivity index (χ4v) is 3.64. The number of hydrogen-bond donors (Lipinski definition) is 2. The van der Waals surface area contributed by atoms with Gasteiger partial charge < -0.3 is 9.64 Å². The molecule has 172 valence electrons. The molecule has 4 rings (SSSR count). The van der Waals surface area contributed by atoms with Gasteiger partial charge in [0, 0.05) is 17.5 Å². The third-order valence-electron chi connectivity index (χ3n) is 5.26.